The summed E-state index contributed by atoms with van der Waals surface area (Å²) in [5.41, 5.74) is 1.05. The topological polar surface area (TPSA) is 18.5 Å². The van der Waals surface area contributed by atoms with Crippen molar-refractivity contribution in [3.63, 3.8) is 0 Å². The van der Waals surface area contributed by atoms with Crippen LogP contribution < -0.4 is 9.47 Å². The Morgan fingerprint density at radius 2 is 1.88 bits per heavy atom. The Morgan fingerprint density at radius 1 is 1.24 bits per heavy atom. The van der Waals surface area contributed by atoms with Gasteiger partial charge in [0.1, 0.15) is 11.5 Å². The second-order valence-corrected chi connectivity index (χ2v) is 5.25. The van der Waals surface area contributed by atoms with Crippen LogP contribution in [-0.2, 0) is 0 Å². The van der Waals surface area contributed by atoms with Gasteiger partial charge < -0.3 is 9.47 Å². The van der Waals surface area contributed by atoms with Crippen LogP contribution in [0.25, 0.3) is 0 Å². The second-order valence-electron chi connectivity index (χ2n) is 4.81. The average molecular weight is 257 g/mol. The minimum absolute atomic E-state index is 0.0312. The van der Waals surface area contributed by atoms with Crippen LogP contribution in [0.15, 0.2) is 18.2 Å². The first-order valence-corrected chi connectivity index (χ1v) is 6.26. The SMILES string of the molecule is CCC(C)(C)C(Cl)c1ccc(OC)cc1OC. The quantitative estimate of drug-likeness (QED) is 0.726. The monoisotopic (exact) mass is 256 g/mol. The van der Waals surface area contributed by atoms with Crippen LogP contribution in [0.3, 0.4) is 0 Å². The van der Waals surface area contributed by atoms with Crippen LogP contribution >= 0.6 is 11.6 Å². The fraction of sp³-hybridized carbons (Fsp3) is 0.571. The van der Waals surface area contributed by atoms with Crippen LogP contribution in [0.2, 0.25) is 0 Å². The number of rotatable bonds is 5. The Balaban J connectivity index is 3.13. The van der Waals surface area contributed by atoms with Crippen molar-refractivity contribution < 1.29 is 9.47 Å². The van der Waals surface area contributed by atoms with Gasteiger partial charge in [-0.15, -0.1) is 11.6 Å². The predicted molar refractivity (Wildman–Crippen MR) is 72.2 cm³/mol. The van der Waals surface area contributed by atoms with Gasteiger partial charge in [-0.1, -0.05) is 26.8 Å². The maximum atomic E-state index is 6.56. The Morgan fingerprint density at radius 3 is 2.35 bits per heavy atom. The molecule has 2 nitrogen and oxygen atoms in total. The summed E-state index contributed by atoms with van der Waals surface area (Å²) in [4.78, 5) is 0. The number of benzene rings is 1. The maximum absolute atomic E-state index is 6.56. The van der Waals surface area contributed by atoms with Crippen LogP contribution in [-0.4, -0.2) is 14.2 Å². The molecule has 0 fully saturated rings. The van der Waals surface area contributed by atoms with Gasteiger partial charge in [0.15, 0.2) is 0 Å². The fourth-order valence-electron chi connectivity index (χ4n) is 1.63. The minimum atomic E-state index is -0.0756. The summed E-state index contributed by atoms with van der Waals surface area (Å²) in [7, 11) is 3.30. The molecule has 0 bridgehead atoms. The molecule has 0 aliphatic carbocycles. The lowest BCUT2D eigenvalue weighted by atomic mass is 9.82. The molecule has 1 atom stereocenters. The van der Waals surface area contributed by atoms with Gasteiger partial charge in [-0.2, -0.15) is 0 Å². The van der Waals surface area contributed by atoms with Gasteiger partial charge in [-0.25, -0.2) is 0 Å². The molecular formula is C14H21ClO2. The van der Waals surface area contributed by atoms with Crippen molar-refractivity contribution in [2.45, 2.75) is 32.6 Å². The van der Waals surface area contributed by atoms with E-state index in [0.29, 0.717) is 0 Å². The van der Waals surface area contributed by atoms with Crippen molar-refractivity contribution in [2.75, 3.05) is 14.2 Å². The van der Waals surface area contributed by atoms with Crippen LogP contribution in [0, 0.1) is 5.41 Å². The molecular weight excluding hydrogens is 236 g/mol. The van der Waals surface area contributed by atoms with Gasteiger partial charge >= 0.3 is 0 Å². The molecule has 0 N–H and O–H groups in total. The first-order valence-electron chi connectivity index (χ1n) is 5.82. The molecule has 0 radical (unpaired) electrons. The number of ether oxygens (including phenoxy) is 2. The Kier molecular flexibility index (Phi) is 4.70. The molecule has 0 aromatic heterocycles. The maximum Gasteiger partial charge on any atom is 0.127 e. The van der Waals surface area contributed by atoms with Crippen LogP contribution in [0.4, 0.5) is 0 Å². The van der Waals surface area contributed by atoms with Crippen molar-refractivity contribution in [1.29, 1.82) is 0 Å². The van der Waals surface area contributed by atoms with Gasteiger partial charge in [-0.05, 0) is 17.9 Å². The summed E-state index contributed by atoms with van der Waals surface area (Å²) in [6, 6.07) is 5.77. The van der Waals surface area contributed by atoms with E-state index in [1.807, 2.05) is 18.2 Å². The number of methoxy groups -OCH3 is 2. The van der Waals surface area contributed by atoms with E-state index in [-0.39, 0.29) is 10.8 Å². The molecule has 0 spiro atoms. The lowest BCUT2D eigenvalue weighted by Crippen LogP contribution is -2.17. The van der Waals surface area contributed by atoms with E-state index in [9.17, 15) is 0 Å². The highest BCUT2D eigenvalue weighted by Gasteiger charge is 2.29. The normalized spacial score (nSPS) is 13.3. The van der Waals surface area contributed by atoms with Gasteiger partial charge in [0, 0.05) is 11.6 Å². The van der Waals surface area contributed by atoms with Gasteiger partial charge in [0.2, 0.25) is 0 Å². The molecule has 96 valence electrons. The summed E-state index contributed by atoms with van der Waals surface area (Å²) >= 11 is 6.56. The third-order valence-corrected chi connectivity index (χ3v) is 4.14. The highest BCUT2D eigenvalue weighted by Crippen LogP contribution is 2.45. The molecule has 1 aromatic rings. The first kappa shape index (κ1) is 14.2. The molecule has 0 aliphatic rings. The molecule has 0 saturated carbocycles. The van der Waals surface area contributed by atoms with Gasteiger partial charge in [0.05, 0.1) is 19.6 Å². The van der Waals surface area contributed by atoms with Crippen molar-refractivity contribution in [2.24, 2.45) is 5.41 Å². The van der Waals surface area contributed by atoms with Crippen molar-refractivity contribution in [1.82, 2.24) is 0 Å². The highest BCUT2D eigenvalue weighted by atomic mass is 35.5. The van der Waals surface area contributed by atoms with Crippen molar-refractivity contribution >= 4 is 11.6 Å². The van der Waals surface area contributed by atoms with Gasteiger partial charge in [0.25, 0.3) is 0 Å². The number of halogens is 1. The van der Waals surface area contributed by atoms with E-state index >= 15 is 0 Å². The molecule has 1 unspecified atom stereocenters. The van der Waals surface area contributed by atoms with E-state index in [1.54, 1.807) is 14.2 Å². The number of hydrogen-bond acceptors (Lipinski definition) is 2. The average Bonchev–Trinajstić information content (AvgIpc) is 2.36. The van der Waals surface area contributed by atoms with Crippen molar-refractivity contribution in [3.05, 3.63) is 23.8 Å². The van der Waals surface area contributed by atoms with E-state index in [0.717, 1.165) is 23.5 Å². The molecule has 1 rings (SSSR count). The zero-order valence-electron chi connectivity index (χ0n) is 11.2. The molecule has 0 amide bonds. The lowest BCUT2D eigenvalue weighted by Gasteiger charge is -2.30. The summed E-state index contributed by atoms with van der Waals surface area (Å²) in [6.45, 7) is 6.47. The molecule has 0 heterocycles. The zero-order valence-corrected chi connectivity index (χ0v) is 12.0. The highest BCUT2D eigenvalue weighted by molar-refractivity contribution is 6.21. The number of hydrogen-bond donors (Lipinski definition) is 0. The van der Waals surface area contributed by atoms with Crippen LogP contribution in [0.1, 0.15) is 38.1 Å². The molecule has 3 heteroatoms. The summed E-state index contributed by atoms with van der Waals surface area (Å²) in [6.07, 6.45) is 1.01. The second kappa shape index (κ2) is 5.63. The largest absolute Gasteiger partial charge is 0.497 e. The lowest BCUT2D eigenvalue weighted by molar-refractivity contribution is 0.324. The smallest absolute Gasteiger partial charge is 0.127 e. The van der Waals surface area contributed by atoms with Crippen LogP contribution in [0.5, 0.6) is 11.5 Å². The molecule has 1 aromatic carbocycles. The zero-order chi connectivity index (χ0) is 13.1. The van der Waals surface area contributed by atoms with E-state index in [1.165, 1.54) is 0 Å². The van der Waals surface area contributed by atoms with E-state index in [4.69, 9.17) is 21.1 Å². The minimum Gasteiger partial charge on any atom is -0.497 e. The fourth-order valence-corrected chi connectivity index (χ4v) is 1.96. The predicted octanol–water partition coefficient (Wildman–Crippen LogP) is 4.42. The summed E-state index contributed by atoms with van der Waals surface area (Å²) in [5.74, 6) is 1.56. The Labute approximate surface area is 109 Å². The summed E-state index contributed by atoms with van der Waals surface area (Å²) < 4.78 is 10.6. The molecule has 0 saturated heterocycles. The van der Waals surface area contributed by atoms with E-state index < -0.39 is 0 Å². The third-order valence-electron chi connectivity index (χ3n) is 3.31. The van der Waals surface area contributed by atoms with Crippen molar-refractivity contribution in [3.8, 4) is 11.5 Å². The first-order chi connectivity index (χ1) is 7.96. The number of alkyl halides is 1. The Hall–Kier alpha value is -0.890. The molecule has 0 aliphatic heterocycles. The van der Waals surface area contributed by atoms with E-state index in [2.05, 4.69) is 20.8 Å². The standard InChI is InChI=1S/C14H21ClO2/c1-6-14(2,3)13(15)11-8-7-10(16-4)9-12(11)17-5/h7-9,13H,6H2,1-5H3. The Bertz CT molecular complexity index is 374. The van der Waals surface area contributed by atoms with Gasteiger partial charge in [-0.3, -0.25) is 0 Å². The molecule has 17 heavy (non-hydrogen) atoms. The summed E-state index contributed by atoms with van der Waals surface area (Å²) in [5, 5.41) is -0.0756. The third kappa shape index (κ3) is 3.06.